The number of hydrogen-bond acceptors (Lipinski definition) is 3. The predicted octanol–water partition coefficient (Wildman–Crippen LogP) is 3.62. The zero-order chi connectivity index (χ0) is 12.6. The largest absolute Gasteiger partial charge is 0.319 e. The smallest absolute Gasteiger partial charge is 0.113 e. The van der Waals surface area contributed by atoms with E-state index in [1.165, 1.54) is 22.0 Å². The summed E-state index contributed by atoms with van der Waals surface area (Å²) in [5.74, 6) is 1.44. The first kappa shape index (κ1) is 13.0. The monoisotopic (exact) mass is 252 g/mol. The molecule has 0 radical (unpaired) electrons. The van der Waals surface area contributed by atoms with Crippen LogP contribution in [0.2, 0.25) is 0 Å². The van der Waals surface area contributed by atoms with Crippen LogP contribution < -0.4 is 5.73 Å². The van der Waals surface area contributed by atoms with E-state index in [0.717, 1.165) is 31.1 Å². The zero-order valence-corrected chi connectivity index (χ0v) is 12.2. The molecule has 0 aliphatic heterocycles. The normalized spacial score (nSPS) is 33.9. The van der Waals surface area contributed by atoms with Gasteiger partial charge in [0.05, 0.1) is 11.2 Å². The van der Waals surface area contributed by atoms with Crippen LogP contribution in [0.15, 0.2) is 0 Å². The molecule has 1 aliphatic carbocycles. The summed E-state index contributed by atoms with van der Waals surface area (Å²) in [4.78, 5) is 6.13. The third kappa shape index (κ3) is 2.55. The van der Waals surface area contributed by atoms with Crippen molar-refractivity contribution in [3.05, 3.63) is 15.6 Å². The fraction of sp³-hybridized carbons (Fsp3) is 0.786. The van der Waals surface area contributed by atoms with Gasteiger partial charge in [-0.15, -0.1) is 11.3 Å². The van der Waals surface area contributed by atoms with Gasteiger partial charge in [-0.3, -0.25) is 0 Å². The van der Waals surface area contributed by atoms with E-state index in [0.29, 0.717) is 0 Å². The minimum atomic E-state index is -0.167. The van der Waals surface area contributed by atoms with E-state index in [2.05, 4.69) is 27.7 Å². The molecule has 0 bridgehead atoms. The summed E-state index contributed by atoms with van der Waals surface area (Å²) in [5, 5.41) is 1.17. The van der Waals surface area contributed by atoms with Gasteiger partial charge in [-0.2, -0.15) is 0 Å². The molecule has 0 amide bonds. The molecule has 1 aromatic heterocycles. The van der Waals surface area contributed by atoms with Crippen molar-refractivity contribution in [1.29, 1.82) is 0 Å². The number of nitrogens with zero attached hydrogens (tertiary/aromatic N) is 1. The zero-order valence-electron chi connectivity index (χ0n) is 11.4. The Morgan fingerprint density at radius 2 is 1.94 bits per heavy atom. The summed E-state index contributed by atoms with van der Waals surface area (Å²) in [6.45, 7) is 8.97. The Hall–Kier alpha value is -0.410. The SMILES string of the molecule is CCc1nc(C2(N)CC(C)CC(C)C2)sc1C. The van der Waals surface area contributed by atoms with E-state index in [9.17, 15) is 0 Å². The maximum absolute atomic E-state index is 6.65. The van der Waals surface area contributed by atoms with Gasteiger partial charge in [0.2, 0.25) is 0 Å². The van der Waals surface area contributed by atoms with Crippen molar-refractivity contribution in [3.63, 3.8) is 0 Å². The molecule has 1 heterocycles. The van der Waals surface area contributed by atoms with E-state index >= 15 is 0 Å². The summed E-state index contributed by atoms with van der Waals surface area (Å²) in [6, 6.07) is 0. The van der Waals surface area contributed by atoms with Gasteiger partial charge in [-0.25, -0.2) is 4.98 Å². The molecule has 0 saturated heterocycles. The van der Waals surface area contributed by atoms with E-state index in [1.807, 2.05) is 11.3 Å². The third-order valence-electron chi connectivity index (χ3n) is 3.88. The first-order valence-electron chi connectivity index (χ1n) is 6.70. The molecule has 2 N–H and O–H groups in total. The second-order valence-corrected chi connectivity index (χ2v) is 7.09. The molecule has 1 aromatic rings. The molecular formula is C14H24N2S. The van der Waals surface area contributed by atoms with E-state index in [-0.39, 0.29) is 5.54 Å². The number of thiazole rings is 1. The van der Waals surface area contributed by atoms with E-state index in [1.54, 1.807) is 0 Å². The van der Waals surface area contributed by atoms with Crippen LogP contribution in [0.25, 0.3) is 0 Å². The highest BCUT2D eigenvalue weighted by Crippen LogP contribution is 2.42. The molecule has 0 spiro atoms. The highest BCUT2D eigenvalue weighted by atomic mass is 32.1. The maximum Gasteiger partial charge on any atom is 0.113 e. The lowest BCUT2D eigenvalue weighted by molar-refractivity contribution is 0.183. The van der Waals surface area contributed by atoms with Crippen LogP contribution in [0.4, 0.5) is 0 Å². The number of rotatable bonds is 2. The highest BCUT2D eigenvalue weighted by Gasteiger charge is 2.38. The number of aromatic nitrogens is 1. The van der Waals surface area contributed by atoms with Crippen LogP contribution >= 0.6 is 11.3 Å². The van der Waals surface area contributed by atoms with Gasteiger partial charge in [0.15, 0.2) is 0 Å². The second-order valence-electron chi connectivity index (χ2n) is 5.89. The second kappa shape index (κ2) is 4.69. The molecule has 3 heteroatoms. The van der Waals surface area contributed by atoms with E-state index in [4.69, 9.17) is 10.7 Å². The minimum Gasteiger partial charge on any atom is -0.319 e. The molecular weight excluding hydrogens is 228 g/mol. The van der Waals surface area contributed by atoms with Crippen LogP contribution in [-0.4, -0.2) is 4.98 Å². The molecule has 2 atom stereocenters. The molecule has 0 aromatic carbocycles. The number of aryl methyl sites for hydroxylation is 2. The molecule has 2 unspecified atom stereocenters. The van der Waals surface area contributed by atoms with Crippen LogP contribution in [0.5, 0.6) is 0 Å². The van der Waals surface area contributed by atoms with Crippen molar-refractivity contribution in [2.75, 3.05) is 0 Å². The first-order valence-corrected chi connectivity index (χ1v) is 7.52. The van der Waals surface area contributed by atoms with Gasteiger partial charge in [-0.05, 0) is 44.4 Å². The van der Waals surface area contributed by atoms with Crippen molar-refractivity contribution >= 4 is 11.3 Å². The Bertz CT molecular complexity index is 387. The van der Waals surface area contributed by atoms with Gasteiger partial charge < -0.3 is 5.73 Å². The lowest BCUT2D eigenvalue weighted by Crippen LogP contribution is -2.43. The summed E-state index contributed by atoms with van der Waals surface area (Å²) in [7, 11) is 0. The van der Waals surface area contributed by atoms with Crippen LogP contribution in [0.3, 0.4) is 0 Å². The van der Waals surface area contributed by atoms with Gasteiger partial charge in [0.25, 0.3) is 0 Å². The van der Waals surface area contributed by atoms with Crippen LogP contribution in [0.1, 0.15) is 55.6 Å². The molecule has 17 heavy (non-hydrogen) atoms. The fourth-order valence-electron chi connectivity index (χ4n) is 3.32. The molecule has 96 valence electrons. The quantitative estimate of drug-likeness (QED) is 0.873. The van der Waals surface area contributed by atoms with Crippen molar-refractivity contribution in [3.8, 4) is 0 Å². The van der Waals surface area contributed by atoms with Crippen LogP contribution in [0, 0.1) is 18.8 Å². The topological polar surface area (TPSA) is 38.9 Å². The number of nitrogens with two attached hydrogens (primary N) is 1. The maximum atomic E-state index is 6.65. The Labute approximate surface area is 109 Å². The number of hydrogen-bond donors (Lipinski definition) is 1. The molecule has 2 rings (SSSR count). The fourth-order valence-corrected chi connectivity index (χ4v) is 4.45. The summed E-state index contributed by atoms with van der Waals surface area (Å²) in [6.07, 6.45) is 4.51. The molecule has 2 nitrogen and oxygen atoms in total. The Kier molecular flexibility index (Phi) is 3.60. The Balaban J connectivity index is 2.29. The van der Waals surface area contributed by atoms with Gasteiger partial charge in [0, 0.05) is 4.88 Å². The Morgan fingerprint density at radius 3 is 2.41 bits per heavy atom. The van der Waals surface area contributed by atoms with E-state index < -0.39 is 0 Å². The Morgan fingerprint density at radius 1 is 1.35 bits per heavy atom. The highest BCUT2D eigenvalue weighted by molar-refractivity contribution is 7.11. The molecule has 1 saturated carbocycles. The average Bonchev–Trinajstić information content (AvgIpc) is 2.58. The van der Waals surface area contributed by atoms with Gasteiger partial charge in [-0.1, -0.05) is 20.8 Å². The summed E-state index contributed by atoms with van der Waals surface area (Å²) in [5.41, 5.74) is 7.72. The standard InChI is InChI=1S/C14H24N2S/c1-5-12-11(4)17-13(16-12)14(15)7-9(2)6-10(3)8-14/h9-10H,5-8,15H2,1-4H3. The van der Waals surface area contributed by atoms with Gasteiger partial charge in [0.1, 0.15) is 5.01 Å². The van der Waals surface area contributed by atoms with Crippen molar-refractivity contribution in [1.82, 2.24) is 4.98 Å². The summed E-state index contributed by atoms with van der Waals surface area (Å²) < 4.78 is 0. The predicted molar refractivity (Wildman–Crippen MR) is 74.3 cm³/mol. The third-order valence-corrected chi connectivity index (χ3v) is 5.12. The lowest BCUT2D eigenvalue weighted by Gasteiger charge is -2.38. The molecule has 1 aliphatic rings. The van der Waals surface area contributed by atoms with Crippen molar-refractivity contribution in [2.24, 2.45) is 17.6 Å². The van der Waals surface area contributed by atoms with Gasteiger partial charge >= 0.3 is 0 Å². The first-order chi connectivity index (χ1) is 7.94. The van der Waals surface area contributed by atoms with Crippen LogP contribution in [-0.2, 0) is 12.0 Å². The van der Waals surface area contributed by atoms with Crippen molar-refractivity contribution < 1.29 is 0 Å². The lowest BCUT2D eigenvalue weighted by atomic mass is 9.72. The van der Waals surface area contributed by atoms with Crippen molar-refractivity contribution in [2.45, 2.75) is 58.9 Å². The molecule has 1 fully saturated rings. The summed E-state index contributed by atoms with van der Waals surface area (Å²) >= 11 is 1.81. The average molecular weight is 252 g/mol. The minimum absolute atomic E-state index is 0.167.